The monoisotopic (exact) mass is 229 g/mol. The van der Waals surface area contributed by atoms with E-state index in [1.165, 1.54) is 12.1 Å². The molecule has 0 bridgehead atoms. The Labute approximate surface area is 95.6 Å². The van der Waals surface area contributed by atoms with E-state index in [1.54, 1.807) is 6.07 Å². The Morgan fingerprint density at radius 2 is 2.20 bits per heavy atom. The summed E-state index contributed by atoms with van der Waals surface area (Å²) in [6, 6.07) is 5.07. The second-order valence-electron chi connectivity index (χ2n) is 3.75. The molecule has 0 aliphatic heterocycles. The molecule has 0 aliphatic carbocycles. The van der Waals surface area contributed by atoms with Gasteiger partial charge in [0.1, 0.15) is 5.82 Å². The summed E-state index contributed by atoms with van der Waals surface area (Å²) in [4.78, 5) is 0. The predicted molar refractivity (Wildman–Crippen MR) is 62.9 cm³/mol. The summed E-state index contributed by atoms with van der Waals surface area (Å²) >= 11 is 5.91. The van der Waals surface area contributed by atoms with Crippen LogP contribution >= 0.6 is 11.6 Å². The fourth-order valence-electron chi connectivity index (χ4n) is 1.32. The van der Waals surface area contributed by atoms with Gasteiger partial charge in [0.05, 0.1) is 0 Å². The Kier molecular flexibility index (Phi) is 5.06. The maximum atomic E-state index is 12.8. The van der Waals surface area contributed by atoms with Gasteiger partial charge in [0.2, 0.25) is 0 Å². The molecule has 0 saturated heterocycles. The van der Waals surface area contributed by atoms with Crippen molar-refractivity contribution in [2.24, 2.45) is 0 Å². The molecule has 0 aliphatic rings. The van der Waals surface area contributed by atoms with Gasteiger partial charge in [-0.15, -0.1) is 0 Å². The summed E-state index contributed by atoms with van der Waals surface area (Å²) in [6.45, 7) is 5.16. The van der Waals surface area contributed by atoms with Crippen LogP contribution in [0.5, 0.6) is 0 Å². The molecule has 1 N–H and O–H groups in total. The number of rotatable bonds is 5. The van der Waals surface area contributed by atoms with Crippen molar-refractivity contribution in [2.75, 3.05) is 6.54 Å². The van der Waals surface area contributed by atoms with E-state index < -0.39 is 0 Å². The Morgan fingerprint density at radius 1 is 1.47 bits per heavy atom. The van der Waals surface area contributed by atoms with E-state index in [-0.39, 0.29) is 5.82 Å². The van der Waals surface area contributed by atoms with Crippen molar-refractivity contribution >= 4 is 11.6 Å². The van der Waals surface area contributed by atoms with Crippen molar-refractivity contribution in [1.82, 2.24) is 5.32 Å². The van der Waals surface area contributed by atoms with Crippen LogP contribution in [0.3, 0.4) is 0 Å². The van der Waals surface area contributed by atoms with Gasteiger partial charge in [-0.2, -0.15) is 0 Å². The molecule has 0 fully saturated rings. The number of benzene rings is 1. The van der Waals surface area contributed by atoms with Crippen molar-refractivity contribution in [3.63, 3.8) is 0 Å². The Balaban J connectivity index is 2.44. The van der Waals surface area contributed by atoms with Crippen molar-refractivity contribution in [3.8, 4) is 0 Å². The second kappa shape index (κ2) is 6.09. The first-order valence-electron chi connectivity index (χ1n) is 5.30. The molecule has 1 unspecified atom stereocenters. The first-order valence-corrected chi connectivity index (χ1v) is 5.68. The molecule has 3 heteroatoms. The van der Waals surface area contributed by atoms with E-state index in [1.807, 2.05) is 0 Å². The summed E-state index contributed by atoms with van der Waals surface area (Å²) < 4.78 is 12.8. The van der Waals surface area contributed by atoms with Crippen LogP contribution in [-0.4, -0.2) is 12.6 Å². The second-order valence-corrected chi connectivity index (χ2v) is 4.16. The number of hydrogen-bond donors (Lipinski definition) is 1. The molecule has 0 heterocycles. The van der Waals surface area contributed by atoms with Gasteiger partial charge in [0.25, 0.3) is 0 Å². The largest absolute Gasteiger partial charge is 0.314 e. The minimum atomic E-state index is -0.279. The van der Waals surface area contributed by atoms with Crippen LogP contribution in [0.25, 0.3) is 0 Å². The molecule has 15 heavy (non-hydrogen) atoms. The van der Waals surface area contributed by atoms with Gasteiger partial charge >= 0.3 is 0 Å². The van der Waals surface area contributed by atoms with Gasteiger partial charge in [-0.3, -0.25) is 0 Å². The quantitative estimate of drug-likeness (QED) is 0.816. The van der Waals surface area contributed by atoms with Crippen LogP contribution in [0.1, 0.15) is 25.8 Å². The zero-order valence-electron chi connectivity index (χ0n) is 9.19. The van der Waals surface area contributed by atoms with E-state index in [0.717, 1.165) is 24.9 Å². The zero-order valence-corrected chi connectivity index (χ0v) is 9.94. The fraction of sp³-hybridized carbons (Fsp3) is 0.500. The Hall–Kier alpha value is -0.600. The molecular weight excluding hydrogens is 213 g/mol. The number of nitrogens with one attached hydrogen (secondary N) is 1. The normalized spacial score (nSPS) is 12.8. The van der Waals surface area contributed by atoms with E-state index in [2.05, 4.69) is 19.2 Å². The third-order valence-electron chi connectivity index (χ3n) is 2.51. The lowest BCUT2D eigenvalue weighted by Crippen LogP contribution is -2.27. The molecule has 1 atom stereocenters. The van der Waals surface area contributed by atoms with E-state index in [9.17, 15) is 4.39 Å². The smallest absolute Gasteiger partial charge is 0.124 e. The highest BCUT2D eigenvalue weighted by Crippen LogP contribution is 2.17. The van der Waals surface area contributed by atoms with Gasteiger partial charge in [0.15, 0.2) is 0 Å². The van der Waals surface area contributed by atoms with Crippen molar-refractivity contribution in [1.29, 1.82) is 0 Å². The molecule has 1 rings (SSSR count). The lowest BCUT2D eigenvalue weighted by atomic mass is 10.1. The van der Waals surface area contributed by atoms with Crippen LogP contribution in [0, 0.1) is 5.82 Å². The van der Waals surface area contributed by atoms with E-state index >= 15 is 0 Å². The van der Waals surface area contributed by atoms with Gasteiger partial charge < -0.3 is 5.32 Å². The average molecular weight is 230 g/mol. The summed E-state index contributed by atoms with van der Waals surface area (Å²) in [6.07, 6.45) is 1.95. The highest BCUT2D eigenvalue weighted by atomic mass is 35.5. The average Bonchev–Trinajstić information content (AvgIpc) is 2.21. The highest BCUT2D eigenvalue weighted by Gasteiger charge is 2.02. The standard InChI is InChI=1S/C12H17ClFN/c1-3-9(2)15-7-6-10-4-5-11(14)8-12(10)13/h4-5,8-9,15H,3,6-7H2,1-2H3. The van der Waals surface area contributed by atoms with Gasteiger partial charge in [-0.25, -0.2) is 4.39 Å². The van der Waals surface area contributed by atoms with Crippen LogP contribution in [-0.2, 0) is 6.42 Å². The van der Waals surface area contributed by atoms with Crippen LogP contribution in [0.4, 0.5) is 4.39 Å². The first-order chi connectivity index (χ1) is 7.13. The predicted octanol–water partition coefficient (Wildman–Crippen LogP) is 3.41. The zero-order chi connectivity index (χ0) is 11.3. The van der Waals surface area contributed by atoms with Gasteiger partial charge in [0, 0.05) is 11.1 Å². The van der Waals surface area contributed by atoms with Crippen LogP contribution in [0.2, 0.25) is 5.02 Å². The van der Waals surface area contributed by atoms with Gasteiger partial charge in [-0.1, -0.05) is 24.6 Å². The van der Waals surface area contributed by atoms with Crippen molar-refractivity contribution in [2.45, 2.75) is 32.7 Å². The number of halogens is 2. The maximum Gasteiger partial charge on any atom is 0.124 e. The lowest BCUT2D eigenvalue weighted by Gasteiger charge is -2.11. The number of hydrogen-bond acceptors (Lipinski definition) is 1. The molecule has 84 valence electrons. The molecule has 0 amide bonds. The molecule has 0 saturated carbocycles. The minimum absolute atomic E-state index is 0.279. The SMILES string of the molecule is CCC(C)NCCc1ccc(F)cc1Cl. The first kappa shape index (κ1) is 12.5. The maximum absolute atomic E-state index is 12.8. The molecule has 0 spiro atoms. The third kappa shape index (κ3) is 4.18. The summed E-state index contributed by atoms with van der Waals surface area (Å²) in [5, 5.41) is 3.88. The van der Waals surface area contributed by atoms with Crippen molar-refractivity contribution in [3.05, 3.63) is 34.6 Å². The topological polar surface area (TPSA) is 12.0 Å². The molecule has 0 aromatic heterocycles. The van der Waals surface area contributed by atoms with E-state index in [0.29, 0.717) is 11.1 Å². The van der Waals surface area contributed by atoms with E-state index in [4.69, 9.17) is 11.6 Å². The molecule has 1 aromatic carbocycles. The molecule has 1 aromatic rings. The molecular formula is C12H17ClFN. The van der Waals surface area contributed by atoms with Crippen molar-refractivity contribution < 1.29 is 4.39 Å². The summed E-state index contributed by atoms with van der Waals surface area (Å²) in [5.74, 6) is -0.279. The summed E-state index contributed by atoms with van der Waals surface area (Å²) in [7, 11) is 0. The Morgan fingerprint density at radius 3 is 2.80 bits per heavy atom. The lowest BCUT2D eigenvalue weighted by molar-refractivity contribution is 0.537. The molecule has 1 nitrogen and oxygen atoms in total. The van der Waals surface area contributed by atoms with Gasteiger partial charge in [-0.05, 0) is 44.0 Å². The Bertz CT molecular complexity index is 314. The summed E-state index contributed by atoms with van der Waals surface area (Å²) in [5.41, 5.74) is 0.994. The highest BCUT2D eigenvalue weighted by molar-refractivity contribution is 6.31. The third-order valence-corrected chi connectivity index (χ3v) is 2.87. The minimum Gasteiger partial charge on any atom is -0.314 e. The molecule has 0 radical (unpaired) electrons. The van der Waals surface area contributed by atoms with Crippen LogP contribution in [0.15, 0.2) is 18.2 Å². The van der Waals surface area contributed by atoms with Crippen LogP contribution < -0.4 is 5.32 Å². The fourth-order valence-corrected chi connectivity index (χ4v) is 1.58.